The van der Waals surface area contributed by atoms with E-state index >= 15 is 0 Å². The number of carboxylic acid groups (broad SMARTS) is 1. The summed E-state index contributed by atoms with van der Waals surface area (Å²) in [7, 11) is 1.41. The van der Waals surface area contributed by atoms with Gasteiger partial charge in [0.1, 0.15) is 11.8 Å². The fourth-order valence-corrected chi connectivity index (χ4v) is 1.65. The molecule has 0 saturated heterocycles. The van der Waals surface area contributed by atoms with Crippen LogP contribution in [-0.4, -0.2) is 30.1 Å². The molecule has 0 saturated carbocycles. The van der Waals surface area contributed by atoms with Crippen molar-refractivity contribution in [3.63, 3.8) is 0 Å². The first-order valence-electron chi connectivity index (χ1n) is 5.30. The Morgan fingerprint density at radius 2 is 2.06 bits per heavy atom. The normalized spacial score (nSPS) is 12.3. The minimum Gasteiger partial charge on any atom is -0.480 e. The van der Waals surface area contributed by atoms with Crippen molar-refractivity contribution in [1.29, 1.82) is 0 Å². The highest BCUT2D eigenvalue weighted by Crippen LogP contribution is 2.25. The zero-order chi connectivity index (χ0) is 13.1. The highest BCUT2D eigenvalue weighted by molar-refractivity contribution is 6.10. The van der Waals surface area contributed by atoms with Gasteiger partial charge in [-0.1, -0.05) is 12.1 Å². The van der Waals surface area contributed by atoms with E-state index in [-0.39, 0.29) is 0 Å². The lowest BCUT2D eigenvalue weighted by atomic mass is 10.2. The van der Waals surface area contributed by atoms with Gasteiger partial charge >= 0.3 is 5.97 Å². The Labute approximate surface area is 103 Å². The molecule has 3 N–H and O–H groups in total. The van der Waals surface area contributed by atoms with Crippen LogP contribution in [0.1, 0.15) is 0 Å². The van der Waals surface area contributed by atoms with Gasteiger partial charge in [0, 0.05) is 5.39 Å². The number of hydrogen-bond acceptors (Lipinski definition) is 4. The van der Waals surface area contributed by atoms with E-state index in [9.17, 15) is 9.59 Å². The lowest BCUT2D eigenvalue weighted by Gasteiger charge is -2.10. The molecule has 94 valence electrons. The number of carbonyl (C=O) groups is 2. The van der Waals surface area contributed by atoms with Crippen LogP contribution >= 0.6 is 0 Å². The maximum Gasteiger partial charge on any atom is 0.330 e. The number of fused-ring (bicyclic) bond motifs is 1. The van der Waals surface area contributed by atoms with Crippen LogP contribution < -0.4 is 10.6 Å². The van der Waals surface area contributed by atoms with E-state index in [2.05, 4.69) is 10.6 Å². The number of aliphatic carboxylic acids is 1. The number of rotatable bonds is 4. The summed E-state index contributed by atoms with van der Waals surface area (Å²) in [4.78, 5) is 22.5. The number of carbonyl (C=O) groups excluding carboxylic acids is 1. The molecule has 18 heavy (non-hydrogen) atoms. The lowest BCUT2D eigenvalue weighted by Crippen LogP contribution is -2.44. The van der Waals surface area contributed by atoms with Gasteiger partial charge in [-0.25, -0.2) is 4.79 Å². The molecule has 0 radical (unpaired) electrons. The van der Waals surface area contributed by atoms with Crippen LogP contribution in [0.3, 0.4) is 0 Å². The number of para-hydroxylation sites is 1. The predicted molar refractivity (Wildman–Crippen MR) is 65.3 cm³/mol. The number of anilines is 1. The van der Waals surface area contributed by atoms with Crippen LogP contribution in [0.4, 0.5) is 5.69 Å². The molecule has 1 aromatic heterocycles. The summed E-state index contributed by atoms with van der Waals surface area (Å²) in [6, 6.07) is 5.87. The van der Waals surface area contributed by atoms with Crippen LogP contribution in [-0.2, 0) is 9.59 Å². The first-order chi connectivity index (χ1) is 8.63. The van der Waals surface area contributed by atoms with E-state index in [1.165, 1.54) is 13.3 Å². The second-order valence-electron chi connectivity index (χ2n) is 3.69. The molecule has 0 fully saturated rings. The second kappa shape index (κ2) is 4.89. The third-order valence-corrected chi connectivity index (χ3v) is 2.54. The molecule has 1 aromatic carbocycles. The Kier molecular flexibility index (Phi) is 3.29. The van der Waals surface area contributed by atoms with E-state index in [0.29, 0.717) is 11.3 Å². The summed E-state index contributed by atoms with van der Waals surface area (Å²) >= 11 is 0. The minimum absolute atomic E-state index is 0.456. The third kappa shape index (κ3) is 2.18. The molecule has 6 heteroatoms. The highest BCUT2D eigenvalue weighted by atomic mass is 16.4. The number of likely N-dealkylation sites (N-methyl/N-ethyl adjacent to an activating group) is 1. The zero-order valence-corrected chi connectivity index (χ0v) is 9.64. The molecule has 0 bridgehead atoms. The Balaban J connectivity index is 2.24. The maximum absolute atomic E-state index is 11.7. The summed E-state index contributed by atoms with van der Waals surface area (Å²) in [5.41, 5.74) is 1.08. The molecule has 1 unspecified atom stereocenters. The summed E-state index contributed by atoms with van der Waals surface area (Å²) in [5.74, 6) is -1.88. The second-order valence-corrected chi connectivity index (χ2v) is 3.69. The molecule has 0 aliphatic rings. The first kappa shape index (κ1) is 12.1. The molecule has 2 aromatic rings. The average molecular weight is 248 g/mol. The van der Waals surface area contributed by atoms with Gasteiger partial charge in [-0.2, -0.15) is 0 Å². The van der Waals surface area contributed by atoms with Crippen molar-refractivity contribution in [2.45, 2.75) is 6.04 Å². The highest BCUT2D eigenvalue weighted by Gasteiger charge is 2.24. The van der Waals surface area contributed by atoms with Crippen molar-refractivity contribution in [2.24, 2.45) is 0 Å². The number of hydrogen-bond donors (Lipinski definition) is 3. The van der Waals surface area contributed by atoms with Crippen molar-refractivity contribution in [2.75, 3.05) is 12.4 Å². The fourth-order valence-electron chi connectivity index (χ4n) is 1.65. The molecule has 0 spiro atoms. The van der Waals surface area contributed by atoms with Crippen molar-refractivity contribution in [3.8, 4) is 0 Å². The van der Waals surface area contributed by atoms with E-state index < -0.39 is 17.9 Å². The molecular formula is C12H12N2O4. The zero-order valence-electron chi connectivity index (χ0n) is 9.64. The average Bonchev–Trinajstić information content (AvgIpc) is 2.73. The predicted octanol–water partition coefficient (Wildman–Crippen LogP) is 1.04. The Bertz CT molecular complexity index is 591. The molecule has 6 nitrogen and oxygen atoms in total. The molecule has 2 rings (SSSR count). The van der Waals surface area contributed by atoms with Crippen LogP contribution in [0, 0.1) is 0 Å². The third-order valence-electron chi connectivity index (χ3n) is 2.54. The SMILES string of the molecule is CNC(C(=O)O)C(=O)Nc1coc2ccccc12. The van der Waals surface area contributed by atoms with Gasteiger partial charge in [0.05, 0.1) is 5.69 Å². The Hall–Kier alpha value is -2.34. The van der Waals surface area contributed by atoms with Crippen molar-refractivity contribution in [1.82, 2.24) is 5.32 Å². The van der Waals surface area contributed by atoms with Gasteiger partial charge in [-0.3, -0.25) is 10.1 Å². The smallest absolute Gasteiger partial charge is 0.330 e. The molecule has 0 aliphatic carbocycles. The molecule has 0 aliphatic heterocycles. The molecule has 1 atom stereocenters. The van der Waals surface area contributed by atoms with Crippen molar-refractivity contribution < 1.29 is 19.1 Å². The van der Waals surface area contributed by atoms with Gasteiger partial charge in [0.15, 0.2) is 6.04 Å². The van der Waals surface area contributed by atoms with E-state index in [1.807, 2.05) is 6.07 Å². The Morgan fingerprint density at radius 1 is 1.33 bits per heavy atom. The van der Waals surface area contributed by atoms with Gasteiger partial charge in [-0.05, 0) is 19.2 Å². The monoisotopic (exact) mass is 248 g/mol. The van der Waals surface area contributed by atoms with E-state index in [4.69, 9.17) is 9.52 Å². The maximum atomic E-state index is 11.7. The molecular weight excluding hydrogens is 236 g/mol. The van der Waals surface area contributed by atoms with Crippen LogP contribution in [0.5, 0.6) is 0 Å². The molecule has 1 amide bonds. The summed E-state index contributed by atoms with van der Waals surface area (Å²) in [6.45, 7) is 0. The molecule has 1 heterocycles. The standard InChI is InChI=1S/C12H12N2O4/c1-13-10(12(16)17)11(15)14-8-6-18-9-5-3-2-4-7(8)9/h2-6,10,13H,1H3,(H,14,15)(H,16,17). The summed E-state index contributed by atoms with van der Waals surface area (Å²) in [6.07, 6.45) is 1.39. The number of benzene rings is 1. The number of furan rings is 1. The number of amides is 1. The number of carboxylic acids is 1. The van der Waals surface area contributed by atoms with Crippen LogP contribution in [0.25, 0.3) is 11.0 Å². The fraction of sp³-hybridized carbons (Fsp3) is 0.167. The topological polar surface area (TPSA) is 91.6 Å². The number of nitrogens with one attached hydrogen (secondary N) is 2. The van der Waals surface area contributed by atoms with Gasteiger partial charge in [0.2, 0.25) is 0 Å². The van der Waals surface area contributed by atoms with E-state index in [1.54, 1.807) is 18.2 Å². The quantitative estimate of drug-likeness (QED) is 0.703. The first-order valence-corrected chi connectivity index (χ1v) is 5.30. The summed E-state index contributed by atoms with van der Waals surface area (Å²) in [5, 5.41) is 14.5. The van der Waals surface area contributed by atoms with Crippen molar-refractivity contribution >= 4 is 28.5 Å². The van der Waals surface area contributed by atoms with E-state index in [0.717, 1.165) is 5.39 Å². The van der Waals surface area contributed by atoms with Crippen molar-refractivity contribution in [3.05, 3.63) is 30.5 Å². The van der Waals surface area contributed by atoms with Gasteiger partial charge in [0.25, 0.3) is 5.91 Å². The van der Waals surface area contributed by atoms with Gasteiger partial charge < -0.3 is 14.8 Å². The lowest BCUT2D eigenvalue weighted by molar-refractivity contribution is -0.142. The summed E-state index contributed by atoms with van der Waals surface area (Å²) < 4.78 is 5.24. The minimum atomic E-state index is -1.29. The van der Waals surface area contributed by atoms with Crippen LogP contribution in [0.2, 0.25) is 0 Å². The van der Waals surface area contributed by atoms with Crippen LogP contribution in [0.15, 0.2) is 34.9 Å². The Morgan fingerprint density at radius 3 is 2.72 bits per heavy atom. The van der Waals surface area contributed by atoms with Gasteiger partial charge in [-0.15, -0.1) is 0 Å². The largest absolute Gasteiger partial charge is 0.480 e.